The number of nitrogens with zero attached hydrogens (tertiary/aromatic N) is 3. The molecule has 1 amide bonds. The van der Waals surface area contributed by atoms with Crippen LogP contribution >= 0.6 is 0 Å². The Labute approximate surface area is 173 Å². The largest absolute Gasteiger partial charge is 0.339 e. The van der Waals surface area contributed by atoms with Crippen molar-refractivity contribution in [2.75, 3.05) is 45.8 Å². The first kappa shape index (κ1) is 21.9. The van der Waals surface area contributed by atoms with Gasteiger partial charge in [-0.3, -0.25) is 14.5 Å². The van der Waals surface area contributed by atoms with Gasteiger partial charge >= 0.3 is 0 Å². The summed E-state index contributed by atoms with van der Waals surface area (Å²) in [7, 11) is -3.62. The van der Waals surface area contributed by atoms with E-state index in [4.69, 9.17) is 0 Å². The lowest BCUT2D eigenvalue weighted by molar-refractivity contribution is -0.134. The molecule has 7 nitrogen and oxygen atoms in total. The summed E-state index contributed by atoms with van der Waals surface area (Å²) >= 11 is 0. The molecule has 0 spiro atoms. The first-order chi connectivity index (χ1) is 13.7. The molecule has 1 aromatic carbocycles. The molecule has 0 radical (unpaired) electrons. The fourth-order valence-electron chi connectivity index (χ4n) is 4.40. The van der Waals surface area contributed by atoms with Crippen LogP contribution in [0.25, 0.3) is 0 Å². The maximum atomic E-state index is 12.9. The number of piperidine rings is 1. The Morgan fingerprint density at radius 3 is 2.03 bits per heavy atom. The molecule has 2 heterocycles. The fourth-order valence-corrected chi connectivity index (χ4v) is 5.82. The van der Waals surface area contributed by atoms with Crippen molar-refractivity contribution in [3.05, 3.63) is 29.8 Å². The van der Waals surface area contributed by atoms with Gasteiger partial charge in [0.05, 0.1) is 11.4 Å². The minimum atomic E-state index is -3.62. The Balaban J connectivity index is 1.56. The number of amides is 1. The van der Waals surface area contributed by atoms with Gasteiger partial charge in [0.15, 0.2) is 5.78 Å². The van der Waals surface area contributed by atoms with Gasteiger partial charge in [0, 0.05) is 44.8 Å². The zero-order chi connectivity index (χ0) is 21.2. The molecule has 2 saturated heterocycles. The van der Waals surface area contributed by atoms with Crippen molar-refractivity contribution in [2.45, 2.75) is 32.1 Å². The lowest BCUT2D eigenvalue weighted by Crippen LogP contribution is -2.53. The molecule has 2 aliphatic heterocycles. The molecule has 0 bridgehead atoms. The Morgan fingerprint density at radius 2 is 1.52 bits per heavy atom. The highest BCUT2D eigenvalue weighted by molar-refractivity contribution is 7.89. The summed E-state index contributed by atoms with van der Waals surface area (Å²) in [5.41, 5.74) is 0.487. The van der Waals surface area contributed by atoms with Gasteiger partial charge in [-0.15, -0.1) is 0 Å². The van der Waals surface area contributed by atoms with Crippen molar-refractivity contribution in [3.8, 4) is 0 Å². The van der Waals surface area contributed by atoms with Gasteiger partial charge in [0.1, 0.15) is 0 Å². The smallest absolute Gasteiger partial charge is 0.243 e. The summed E-state index contributed by atoms with van der Waals surface area (Å²) < 4.78 is 27.1. The van der Waals surface area contributed by atoms with E-state index < -0.39 is 10.0 Å². The molecule has 2 aliphatic rings. The Morgan fingerprint density at radius 1 is 0.966 bits per heavy atom. The first-order valence-electron chi connectivity index (χ1n) is 10.3. The number of Topliss-reactive ketones (excluding diaryl/α,β-unsaturated/α-hetero) is 1. The van der Waals surface area contributed by atoms with Crippen molar-refractivity contribution in [2.24, 2.45) is 11.8 Å². The highest BCUT2D eigenvalue weighted by atomic mass is 32.2. The SMILES string of the molecule is CC(=O)c1ccc(S(=O)(=O)N2CCN(C(=O)CN3C[C@H](C)C[C@H](C)C3)CC2)cc1. The average Bonchev–Trinajstić information content (AvgIpc) is 2.67. The second kappa shape index (κ2) is 8.93. The van der Waals surface area contributed by atoms with Crippen LogP contribution in [0.15, 0.2) is 29.2 Å². The molecule has 29 heavy (non-hydrogen) atoms. The monoisotopic (exact) mass is 421 g/mol. The topological polar surface area (TPSA) is 78.0 Å². The van der Waals surface area contributed by atoms with E-state index in [1.54, 1.807) is 4.90 Å². The molecule has 0 aliphatic carbocycles. The van der Waals surface area contributed by atoms with E-state index in [-0.39, 0.29) is 29.7 Å². The number of likely N-dealkylation sites (tertiary alicyclic amines) is 1. The van der Waals surface area contributed by atoms with Crippen molar-refractivity contribution >= 4 is 21.7 Å². The quantitative estimate of drug-likeness (QED) is 0.677. The first-order valence-corrected chi connectivity index (χ1v) is 11.7. The summed E-state index contributed by atoms with van der Waals surface area (Å²) in [6, 6.07) is 6.02. The maximum absolute atomic E-state index is 12.9. The minimum Gasteiger partial charge on any atom is -0.339 e. The highest BCUT2D eigenvalue weighted by Crippen LogP contribution is 2.22. The summed E-state index contributed by atoms with van der Waals surface area (Å²) in [6.07, 6.45) is 1.20. The third-order valence-corrected chi connectivity index (χ3v) is 7.71. The second-order valence-electron chi connectivity index (χ2n) is 8.51. The predicted octanol–water partition coefficient (Wildman–Crippen LogP) is 1.70. The van der Waals surface area contributed by atoms with Gasteiger partial charge in [0.25, 0.3) is 0 Å². The van der Waals surface area contributed by atoms with Gasteiger partial charge in [-0.1, -0.05) is 26.0 Å². The van der Waals surface area contributed by atoms with Gasteiger partial charge in [-0.2, -0.15) is 4.31 Å². The molecule has 1 aromatic rings. The van der Waals surface area contributed by atoms with E-state index in [2.05, 4.69) is 18.7 Å². The number of hydrogen-bond acceptors (Lipinski definition) is 5. The van der Waals surface area contributed by atoms with Crippen molar-refractivity contribution < 1.29 is 18.0 Å². The van der Waals surface area contributed by atoms with Crippen LogP contribution in [-0.2, 0) is 14.8 Å². The molecular weight excluding hydrogens is 390 g/mol. The Kier molecular flexibility index (Phi) is 6.76. The number of hydrogen-bond donors (Lipinski definition) is 0. The Bertz CT molecular complexity index is 835. The normalized spacial score (nSPS) is 24.4. The lowest BCUT2D eigenvalue weighted by Gasteiger charge is -2.38. The molecule has 0 aromatic heterocycles. The highest BCUT2D eigenvalue weighted by Gasteiger charge is 2.31. The molecule has 0 N–H and O–H groups in total. The summed E-state index contributed by atoms with van der Waals surface area (Å²) in [4.78, 5) is 28.3. The average molecular weight is 422 g/mol. The number of ketones is 1. The van der Waals surface area contributed by atoms with Crippen LogP contribution in [0.3, 0.4) is 0 Å². The van der Waals surface area contributed by atoms with Gasteiger partial charge < -0.3 is 4.90 Å². The standard InChI is InChI=1S/C21H31N3O4S/c1-16-12-17(2)14-22(13-16)15-21(26)23-8-10-24(11-9-23)29(27,28)20-6-4-19(5-7-20)18(3)25/h4-7,16-17H,8-15H2,1-3H3/t16-,17+. The summed E-state index contributed by atoms with van der Waals surface area (Å²) in [6.45, 7) is 9.58. The maximum Gasteiger partial charge on any atom is 0.243 e. The van der Waals surface area contributed by atoms with Gasteiger partial charge in [0.2, 0.25) is 15.9 Å². The van der Waals surface area contributed by atoms with Crippen LogP contribution in [0.5, 0.6) is 0 Å². The van der Waals surface area contributed by atoms with Crippen LogP contribution in [0.1, 0.15) is 37.6 Å². The number of rotatable bonds is 5. The van der Waals surface area contributed by atoms with Crippen LogP contribution in [-0.4, -0.2) is 80.0 Å². The van der Waals surface area contributed by atoms with Crippen LogP contribution < -0.4 is 0 Å². The number of piperazine rings is 1. The van der Waals surface area contributed by atoms with Crippen molar-refractivity contribution in [1.82, 2.24) is 14.1 Å². The predicted molar refractivity (Wildman–Crippen MR) is 111 cm³/mol. The number of benzene rings is 1. The third-order valence-electron chi connectivity index (χ3n) is 5.79. The number of carbonyl (C=O) groups excluding carboxylic acids is 2. The zero-order valence-electron chi connectivity index (χ0n) is 17.5. The van der Waals surface area contributed by atoms with E-state index in [1.165, 1.54) is 41.9 Å². The van der Waals surface area contributed by atoms with E-state index in [1.807, 2.05) is 0 Å². The lowest BCUT2D eigenvalue weighted by atomic mass is 9.92. The van der Waals surface area contributed by atoms with Crippen molar-refractivity contribution in [3.63, 3.8) is 0 Å². The molecule has 0 saturated carbocycles. The molecular formula is C21H31N3O4S. The van der Waals surface area contributed by atoms with Gasteiger partial charge in [-0.25, -0.2) is 8.42 Å². The molecule has 0 unspecified atom stereocenters. The molecule has 2 atom stereocenters. The molecule has 8 heteroatoms. The van der Waals surface area contributed by atoms with Crippen LogP contribution in [0, 0.1) is 11.8 Å². The molecule has 160 valence electrons. The van der Waals surface area contributed by atoms with E-state index in [9.17, 15) is 18.0 Å². The van der Waals surface area contributed by atoms with Crippen LogP contribution in [0.2, 0.25) is 0 Å². The van der Waals surface area contributed by atoms with Crippen LogP contribution in [0.4, 0.5) is 0 Å². The zero-order valence-corrected chi connectivity index (χ0v) is 18.3. The van der Waals surface area contributed by atoms with Gasteiger partial charge in [-0.05, 0) is 37.3 Å². The summed E-state index contributed by atoms with van der Waals surface area (Å²) in [5.74, 6) is 1.18. The molecule has 2 fully saturated rings. The third kappa shape index (κ3) is 5.24. The van der Waals surface area contributed by atoms with E-state index >= 15 is 0 Å². The Hall–Kier alpha value is -1.77. The summed E-state index contributed by atoms with van der Waals surface area (Å²) in [5, 5.41) is 0. The van der Waals surface area contributed by atoms with E-state index in [0.29, 0.717) is 37.0 Å². The fraction of sp³-hybridized carbons (Fsp3) is 0.619. The second-order valence-corrected chi connectivity index (χ2v) is 10.4. The number of sulfonamides is 1. The van der Waals surface area contributed by atoms with E-state index in [0.717, 1.165) is 13.1 Å². The number of carbonyl (C=O) groups is 2. The van der Waals surface area contributed by atoms with Crippen molar-refractivity contribution in [1.29, 1.82) is 0 Å². The molecule has 3 rings (SSSR count). The minimum absolute atomic E-state index is 0.0779.